The molecule has 3 unspecified atom stereocenters. The van der Waals surface area contributed by atoms with Gasteiger partial charge in [-0.05, 0) is 124 Å². The summed E-state index contributed by atoms with van der Waals surface area (Å²) in [4.78, 5) is 57.5. The molecule has 0 spiro atoms. The zero-order valence-electron chi connectivity index (χ0n) is 40.0. The van der Waals surface area contributed by atoms with Crippen LogP contribution in [0.2, 0.25) is 0 Å². The summed E-state index contributed by atoms with van der Waals surface area (Å²) in [5, 5.41) is 52.5. The van der Waals surface area contributed by atoms with E-state index in [2.05, 4.69) is 60.5 Å². The summed E-state index contributed by atoms with van der Waals surface area (Å²) in [7, 11) is -8.35. The van der Waals surface area contributed by atoms with Crippen LogP contribution in [0.1, 0.15) is 10.4 Å². The van der Waals surface area contributed by atoms with Crippen LogP contribution in [0.4, 0.5) is 34.1 Å². The summed E-state index contributed by atoms with van der Waals surface area (Å²) in [6.07, 6.45) is 0. The molecule has 3 N–H and O–H groups in total. The number of amides is 3. The van der Waals surface area contributed by atoms with E-state index in [-0.39, 0.29) is 63.2 Å². The molecule has 6 aromatic rings. The van der Waals surface area contributed by atoms with Crippen LogP contribution in [0.3, 0.4) is 0 Å². The van der Waals surface area contributed by atoms with E-state index in [1.54, 1.807) is 84.9 Å². The first kappa shape index (κ1) is 57.6. The molecule has 3 atom stereocenters. The van der Waals surface area contributed by atoms with Gasteiger partial charge >= 0.3 is 53.0 Å². The van der Waals surface area contributed by atoms with E-state index < -0.39 is 66.9 Å². The third kappa shape index (κ3) is 14.2. The van der Waals surface area contributed by atoms with Gasteiger partial charge in [-0.25, -0.2) is 26.8 Å². The number of nitrogens with zero attached hydrogens (tertiary/aromatic N) is 15. The Hall–Kier alpha value is -9.70. The van der Waals surface area contributed by atoms with E-state index in [4.69, 9.17) is 30.0 Å². The van der Waals surface area contributed by atoms with Gasteiger partial charge < -0.3 is 24.2 Å². The fraction of sp³-hybridized carbons (Fsp3) is 0.0612. The Bertz CT molecular complexity index is 3620. The second-order valence-electron chi connectivity index (χ2n) is 15.4. The SMILES string of the molecule is [C-]#[N+]C1=NN(c2ccccc2)C(=O)C1N=Nc1ccc(C(=O)O)cc1.[C-]#[N+]C1=NN(c2ccccc2)C(=O)C1N=Nc1ccc(S(=O)(=O)[O-])cc1.[C-]#[N+]C1=NN(c2ccccc2)C(=O)C1N=Nc1ccc(S(N)(=O)=O)cc1.[Na+]. The molecule has 0 aliphatic carbocycles. The molecule has 3 aliphatic heterocycles. The first-order valence-corrected chi connectivity index (χ1v) is 24.6. The molecule has 382 valence electrons. The molecule has 0 bridgehead atoms. The van der Waals surface area contributed by atoms with Crippen LogP contribution in [-0.4, -0.2) is 85.8 Å². The topological polar surface area (TPSA) is 340 Å². The number of azo groups is 3. The van der Waals surface area contributed by atoms with Gasteiger partial charge in [-0.3, -0.25) is 14.4 Å². The first-order valence-electron chi connectivity index (χ1n) is 21.7. The third-order valence-electron chi connectivity index (χ3n) is 10.3. The van der Waals surface area contributed by atoms with E-state index in [0.717, 1.165) is 27.2 Å². The monoisotopic (exact) mass is 1090 g/mol. The first-order chi connectivity index (χ1) is 36.9. The van der Waals surface area contributed by atoms with Crippen LogP contribution in [0.25, 0.3) is 14.5 Å². The molecule has 0 radical (unpaired) electrons. The number of nitrogens with two attached hydrogens (primary N) is 1. The van der Waals surface area contributed by atoms with Crippen molar-refractivity contribution < 1.29 is 75.2 Å². The number of carbonyl (C=O) groups is 4. The zero-order valence-corrected chi connectivity index (χ0v) is 43.7. The fourth-order valence-corrected chi connectivity index (χ4v) is 7.52. The van der Waals surface area contributed by atoms with Gasteiger partial charge in [0.25, 0.3) is 17.7 Å². The molecule has 29 heteroatoms. The molecule has 78 heavy (non-hydrogen) atoms. The molecule has 0 fully saturated rings. The summed E-state index contributed by atoms with van der Waals surface area (Å²) in [6, 6.07) is 38.3. The number of anilines is 3. The number of carbonyl (C=O) groups excluding carboxylic acids is 3. The maximum atomic E-state index is 12.5. The van der Waals surface area contributed by atoms with Crippen LogP contribution < -0.4 is 49.7 Å². The van der Waals surface area contributed by atoms with Crippen LogP contribution in [-0.2, 0) is 34.5 Å². The summed E-state index contributed by atoms with van der Waals surface area (Å²) in [5.41, 5.74) is 2.60. The molecular weight excluding hydrogens is 1060 g/mol. The number of benzene rings is 6. The Labute approximate surface area is 465 Å². The third-order valence-corrected chi connectivity index (χ3v) is 12.1. The minimum Gasteiger partial charge on any atom is -0.744 e. The van der Waals surface area contributed by atoms with Gasteiger partial charge in [0.15, 0.2) is 0 Å². The van der Waals surface area contributed by atoms with Crippen molar-refractivity contribution in [2.24, 2.45) is 51.1 Å². The fourth-order valence-electron chi connectivity index (χ4n) is 6.54. The quantitative estimate of drug-likeness (QED) is 0.0747. The van der Waals surface area contributed by atoms with Gasteiger partial charge in [0, 0.05) is 0 Å². The molecule has 26 nitrogen and oxygen atoms in total. The summed E-state index contributed by atoms with van der Waals surface area (Å²) in [6.45, 7) is 21.5. The molecule has 9 rings (SSSR count). The maximum Gasteiger partial charge on any atom is 1.00 e. The number of carboxylic acids is 1. The number of primary sulfonamides is 1. The van der Waals surface area contributed by atoms with Gasteiger partial charge in [0.1, 0.15) is 10.1 Å². The summed E-state index contributed by atoms with van der Waals surface area (Å²) in [5.74, 6) is -2.82. The van der Waals surface area contributed by atoms with Crippen molar-refractivity contribution in [2.45, 2.75) is 27.9 Å². The Morgan fingerprint density at radius 2 is 0.782 bits per heavy atom. The van der Waals surface area contributed by atoms with Gasteiger partial charge in [0.2, 0.25) is 28.1 Å². The number of hydrazone groups is 3. The van der Waals surface area contributed by atoms with Crippen molar-refractivity contribution >= 4 is 95.5 Å². The van der Waals surface area contributed by atoms with Crippen molar-refractivity contribution in [3.63, 3.8) is 0 Å². The minimum atomic E-state index is -4.55. The molecule has 0 saturated heterocycles. The Morgan fingerprint density at radius 1 is 0.500 bits per heavy atom. The number of para-hydroxylation sites is 3. The number of rotatable bonds is 12. The van der Waals surface area contributed by atoms with Crippen molar-refractivity contribution in [1.82, 2.24) is 0 Å². The minimum absolute atomic E-state index is 0. The van der Waals surface area contributed by atoms with E-state index in [1.165, 1.54) is 60.7 Å². The van der Waals surface area contributed by atoms with E-state index in [1.807, 2.05) is 6.07 Å². The Morgan fingerprint density at radius 3 is 1.04 bits per heavy atom. The predicted molar refractivity (Wildman–Crippen MR) is 274 cm³/mol. The average molecular weight is 1090 g/mol. The summed E-state index contributed by atoms with van der Waals surface area (Å²) >= 11 is 0. The van der Waals surface area contributed by atoms with E-state index in [0.29, 0.717) is 28.4 Å². The van der Waals surface area contributed by atoms with Crippen molar-refractivity contribution in [1.29, 1.82) is 0 Å². The largest absolute Gasteiger partial charge is 1.00 e. The smallest absolute Gasteiger partial charge is 0.744 e. The average Bonchev–Trinajstić information content (AvgIpc) is 4.15. The molecule has 0 aromatic heterocycles. The summed E-state index contributed by atoms with van der Waals surface area (Å²) < 4.78 is 55.2. The van der Waals surface area contributed by atoms with Gasteiger partial charge in [-0.15, -0.1) is 15.0 Å². The van der Waals surface area contributed by atoms with Crippen LogP contribution in [0, 0.1) is 19.7 Å². The van der Waals surface area contributed by atoms with E-state index >= 15 is 0 Å². The maximum absolute atomic E-state index is 12.5. The number of hydrogen-bond acceptors (Lipinski definition) is 18. The number of hydrogen-bond donors (Lipinski definition) is 2. The van der Waals surface area contributed by atoms with Gasteiger partial charge in [0.05, 0.1) is 49.5 Å². The number of amidine groups is 3. The second kappa shape index (κ2) is 25.7. The standard InChI is InChI=1S/C17H11N5O3.C16H12N6O3S.C16H11N5O4S.Na/c1-18-15-14(16(23)22(21-15)13-5-3-2-4-6-13)20-19-12-9-7-11(8-10-12)17(24)25;1-18-15-14(16(23)22(21-15)12-5-3-2-4-6-12)20-19-11-7-9-13(10-8-11)26(17,24)25;1-17-15-14(16(22)21(20-15)12-5-3-2-4-6-12)19-18-11-7-9-13(10-8-11)26(23,24)25;/h2-10,14H,(H,24,25);2-10,14H,(H2,17,24,25);2-10,14H,(H,23,24,25);/q;;;+1/p-1. The zero-order chi connectivity index (χ0) is 55.3. The molecule has 3 amide bonds. The second-order valence-corrected chi connectivity index (χ2v) is 18.3. The predicted octanol–water partition coefficient (Wildman–Crippen LogP) is 4.51. The number of sulfonamides is 1. The van der Waals surface area contributed by atoms with Crippen molar-refractivity contribution in [2.75, 3.05) is 15.0 Å². The van der Waals surface area contributed by atoms with Gasteiger partial charge in [-0.1, -0.05) is 74.3 Å². The molecule has 3 heterocycles. The number of aromatic carboxylic acids is 1. The normalized spacial score (nSPS) is 17.0. The van der Waals surface area contributed by atoms with Crippen molar-refractivity contribution in [3.8, 4) is 0 Å². The van der Waals surface area contributed by atoms with Crippen LogP contribution in [0.5, 0.6) is 0 Å². The Kier molecular flexibility index (Phi) is 19.0. The molecular formula is C49H33N16NaO10S2. The molecule has 0 saturated carbocycles. The van der Waals surface area contributed by atoms with E-state index in [9.17, 15) is 40.6 Å². The Balaban J connectivity index is 0.000000188. The molecule has 3 aliphatic rings. The number of carboxylic acid groups (broad SMARTS) is 1. The van der Waals surface area contributed by atoms with Crippen LogP contribution in [0.15, 0.2) is 220 Å². The van der Waals surface area contributed by atoms with Crippen LogP contribution >= 0.6 is 0 Å². The molecule has 6 aromatic carbocycles. The van der Waals surface area contributed by atoms with Crippen molar-refractivity contribution in [3.05, 3.63) is 204 Å². The van der Waals surface area contributed by atoms with Gasteiger partial charge in [-0.2, -0.15) is 30.7 Å².